The van der Waals surface area contributed by atoms with Crippen LogP contribution in [0.2, 0.25) is 0 Å². The van der Waals surface area contributed by atoms with Crippen LogP contribution >= 0.6 is 0 Å². The fourth-order valence-electron chi connectivity index (χ4n) is 3.95. The fourth-order valence-corrected chi connectivity index (χ4v) is 3.95. The summed E-state index contributed by atoms with van der Waals surface area (Å²) >= 11 is 0. The van der Waals surface area contributed by atoms with Crippen LogP contribution in [0.1, 0.15) is 37.7 Å². The Morgan fingerprint density at radius 2 is 1.87 bits per heavy atom. The Balaban J connectivity index is 1.74. The minimum atomic E-state index is -4.64. The topological polar surface area (TPSA) is 85.8 Å². The molecular formula is C21H22F3N5O. The van der Waals surface area contributed by atoms with Gasteiger partial charge in [0.1, 0.15) is 6.54 Å². The Morgan fingerprint density at radius 1 is 1.17 bits per heavy atom. The molecule has 1 aliphatic rings. The molecule has 0 unspecified atom stereocenters. The maximum absolute atomic E-state index is 13.8. The number of hydrogen-bond acceptors (Lipinski definition) is 4. The summed E-state index contributed by atoms with van der Waals surface area (Å²) in [5.41, 5.74) is 5.52. The molecule has 2 heterocycles. The molecule has 1 amide bonds. The van der Waals surface area contributed by atoms with Crippen LogP contribution in [0.4, 0.5) is 19.0 Å². The van der Waals surface area contributed by atoms with Gasteiger partial charge >= 0.3 is 6.18 Å². The zero-order valence-corrected chi connectivity index (χ0v) is 16.2. The van der Waals surface area contributed by atoms with Crippen molar-refractivity contribution in [2.75, 3.05) is 5.73 Å². The lowest BCUT2D eigenvalue weighted by molar-refractivity contribution is -0.136. The second-order valence-corrected chi connectivity index (χ2v) is 7.56. The number of nitrogens with one attached hydrogen (secondary N) is 1. The number of halogens is 3. The minimum Gasteiger partial charge on any atom is -0.382 e. The van der Waals surface area contributed by atoms with Crippen LogP contribution in [-0.4, -0.2) is 26.7 Å². The Bertz CT molecular complexity index is 1060. The highest BCUT2D eigenvalue weighted by Gasteiger charge is 2.36. The number of nitrogens with two attached hydrogens (primary N) is 1. The first-order valence-corrected chi connectivity index (χ1v) is 9.92. The predicted octanol–water partition coefficient (Wildman–Crippen LogP) is 4.15. The van der Waals surface area contributed by atoms with Gasteiger partial charge in [-0.15, -0.1) is 0 Å². The molecule has 2 aromatic heterocycles. The summed E-state index contributed by atoms with van der Waals surface area (Å²) in [7, 11) is 0. The van der Waals surface area contributed by atoms with Gasteiger partial charge in [0.25, 0.3) is 0 Å². The molecule has 0 saturated heterocycles. The second kappa shape index (κ2) is 7.97. The van der Waals surface area contributed by atoms with Crippen molar-refractivity contribution in [3.8, 4) is 11.3 Å². The van der Waals surface area contributed by atoms with Crippen LogP contribution < -0.4 is 11.1 Å². The number of nitrogen functional groups attached to an aromatic ring is 1. The number of fused-ring (bicyclic) bond motifs is 1. The van der Waals surface area contributed by atoms with Crippen molar-refractivity contribution in [1.29, 1.82) is 0 Å². The molecule has 30 heavy (non-hydrogen) atoms. The van der Waals surface area contributed by atoms with Gasteiger partial charge in [-0.3, -0.25) is 4.79 Å². The summed E-state index contributed by atoms with van der Waals surface area (Å²) in [4.78, 5) is 16.9. The zero-order valence-electron chi connectivity index (χ0n) is 16.2. The predicted molar refractivity (Wildman–Crippen MR) is 107 cm³/mol. The fraction of sp³-hybridized carbons (Fsp3) is 0.381. The van der Waals surface area contributed by atoms with E-state index in [1.54, 1.807) is 30.3 Å². The third-order valence-electron chi connectivity index (χ3n) is 5.37. The summed E-state index contributed by atoms with van der Waals surface area (Å²) in [6.45, 7) is -0.243. The number of carbonyl (C=O) groups excluding carboxylic acids is 1. The average molecular weight is 417 g/mol. The van der Waals surface area contributed by atoms with E-state index in [0.29, 0.717) is 5.56 Å². The highest BCUT2D eigenvalue weighted by Crippen LogP contribution is 2.38. The van der Waals surface area contributed by atoms with Crippen LogP contribution in [-0.2, 0) is 17.5 Å². The van der Waals surface area contributed by atoms with Gasteiger partial charge < -0.3 is 11.1 Å². The van der Waals surface area contributed by atoms with Crippen molar-refractivity contribution in [2.24, 2.45) is 0 Å². The van der Waals surface area contributed by atoms with Crippen molar-refractivity contribution in [3.05, 3.63) is 42.0 Å². The van der Waals surface area contributed by atoms with E-state index in [4.69, 9.17) is 5.73 Å². The van der Waals surface area contributed by atoms with Crippen molar-refractivity contribution >= 4 is 22.8 Å². The molecule has 0 bridgehead atoms. The highest BCUT2D eigenvalue weighted by atomic mass is 19.4. The van der Waals surface area contributed by atoms with Crippen molar-refractivity contribution in [3.63, 3.8) is 0 Å². The van der Waals surface area contributed by atoms with E-state index >= 15 is 0 Å². The molecule has 1 aliphatic carbocycles. The van der Waals surface area contributed by atoms with Crippen molar-refractivity contribution in [1.82, 2.24) is 20.1 Å². The first-order valence-electron chi connectivity index (χ1n) is 9.92. The van der Waals surface area contributed by atoms with E-state index in [1.165, 1.54) is 0 Å². The van der Waals surface area contributed by atoms with Gasteiger partial charge in [0, 0.05) is 11.6 Å². The summed E-state index contributed by atoms with van der Waals surface area (Å²) in [5, 5.41) is 6.66. The Kier molecular flexibility index (Phi) is 5.36. The largest absolute Gasteiger partial charge is 0.417 e. The molecule has 3 aromatic rings. The smallest absolute Gasteiger partial charge is 0.382 e. The average Bonchev–Trinajstić information content (AvgIpc) is 3.03. The van der Waals surface area contributed by atoms with E-state index in [0.717, 1.165) is 42.9 Å². The number of hydrogen-bond donors (Lipinski definition) is 2. The van der Waals surface area contributed by atoms with E-state index in [9.17, 15) is 18.0 Å². The normalized spacial score (nSPS) is 15.4. The maximum atomic E-state index is 13.8. The number of anilines is 1. The van der Waals surface area contributed by atoms with Gasteiger partial charge in [0.05, 0.1) is 16.6 Å². The number of pyridine rings is 1. The Labute approximate surface area is 171 Å². The molecule has 158 valence electrons. The number of rotatable bonds is 4. The van der Waals surface area contributed by atoms with Crippen LogP contribution in [0.15, 0.2) is 36.4 Å². The van der Waals surface area contributed by atoms with E-state index < -0.39 is 11.7 Å². The van der Waals surface area contributed by atoms with Crippen LogP contribution in [0.25, 0.3) is 22.3 Å². The van der Waals surface area contributed by atoms with Gasteiger partial charge in [-0.1, -0.05) is 49.6 Å². The Morgan fingerprint density at radius 3 is 2.53 bits per heavy atom. The molecule has 6 nitrogen and oxygen atoms in total. The third-order valence-corrected chi connectivity index (χ3v) is 5.37. The lowest BCUT2D eigenvalue weighted by atomic mass is 9.95. The van der Waals surface area contributed by atoms with Crippen LogP contribution in [0, 0.1) is 0 Å². The summed E-state index contributed by atoms with van der Waals surface area (Å²) in [6, 6.07) is 9.62. The van der Waals surface area contributed by atoms with Gasteiger partial charge in [0.15, 0.2) is 11.5 Å². The molecule has 1 saturated carbocycles. The third kappa shape index (κ3) is 4.10. The number of carbonyl (C=O) groups is 1. The summed E-state index contributed by atoms with van der Waals surface area (Å²) in [6.07, 6.45) is 0.430. The second-order valence-electron chi connectivity index (χ2n) is 7.56. The minimum absolute atomic E-state index is 0.0556. The number of alkyl halides is 3. The van der Waals surface area contributed by atoms with Gasteiger partial charge in [-0.2, -0.15) is 18.3 Å². The molecular weight excluding hydrogens is 395 g/mol. The molecule has 0 radical (unpaired) electrons. The monoisotopic (exact) mass is 417 g/mol. The number of benzene rings is 1. The SMILES string of the molecule is Nc1nn(CC(=O)NC2CCCCC2)c2nc(-c3ccccc3)cc(C(F)(F)F)c12. The first kappa shape index (κ1) is 20.2. The quantitative estimate of drug-likeness (QED) is 0.668. The first-order chi connectivity index (χ1) is 14.3. The number of amides is 1. The van der Waals surface area contributed by atoms with Crippen molar-refractivity contribution in [2.45, 2.75) is 50.9 Å². The van der Waals surface area contributed by atoms with E-state index in [-0.39, 0.29) is 41.0 Å². The molecule has 1 aromatic carbocycles. The molecule has 9 heteroatoms. The van der Waals surface area contributed by atoms with Crippen LogP contribution in [0.3, 0.4) is 0 Å². The van der Waals surface area contributed by atoms with Gasteiger partial charge in [0.2, 0.25) is 5.91 Å². The number of nitrogens with zero attached hydrogens (tertiary/aromatic N) is 3. The molecule has 0 atom stereocenters. The molecule has 3 N–H and O–H groups in total. The molecule has 0 aliphatic heterocycles. The molecule has 0 spiro atoms. The van der Waals surface area contributed by atoms with E-state index in [1.807, 2.05) is 0 Å². The van der Waals surface area contributed by atoms with Gasteiger partial charge in [-0.05, 0) is 18.9 Å². The molecule has 4 rings (SSSR count). The maximum Gasteiger partial charge on any atom is 0.417 e. The van der Waals surface area contributed by atoms with Crippen LogP contribution in [0.5, 0.6) is 0 Å². The Hall–Kier alpha value is -3.10. The zero-order chi connectivity index (χ0) is 21.3. The highest BCUT2D eigenvalue weighted by molar-refractivity contribution is 5.93. The summed E-state index contributed by atoms with van der Waals surface area (Å²) < 4.78 is 42.5. The van der Waals surface area contributed by atoms with Gasteiger partial charge in [-0.25, -0.2) is 9.67 Å². The number of aromatic nitrogens is 3. The molecule has 1 fully saturated rings. The van der Waals surface area contributed by atoms with E-state index in [2.05, 4.69) is 15.4 Å². The lowest BCUT2D eigenvalue weighted by Crippen LogP contribution is -2.38. The lowest BCUT2D eigenvalue weighted by Gasteiger charge is -2.22. The van der Waals surface area contributed by atoms with Crippen molar-refractivity contribution < 1.29 is 18.0 Å². The standard InChI is InChI=1S/C21H22F3N5O/c22-21(23,24)15-11-16(13-7-3-1-4-8-13)27-20-18(15)19(25)28-29(20)12-17(30)26-14-9-5-2-6-10-14/h1,3-4,7-8,11,14H,2,5-6,9-10,12H2,(H2,25,28)(H,26,30). The summed E-state index contributed by atoms with van der Waals surface area (Å²) in [5.74, 6) is -0.610.